The lowest BCUT2D eigenvalue weighted by Gasteiger charge is -2.17. The molecule has 29 heavy (non-hydrogen) atoms. The van der Waals surface area contributed by atoms with Crippen molar-refractivity contribution in [3.8, 4) is 0 Å². The van der Waals surface area contributed by atoms with Gasteiger partial charge in [0.05, 0.1) is 5.92 Å². The maximum absolute atomic E-state index is 12.4. The normalized spacial score (nSPS) is 16.0. The molecule has 0 aromatic heterocycles. The van der Waals surface area contributed by atoms with Crippen LogP contribution in [0.15, 0.2) is 54.6 Å². The van der Waals surface area contributed by atoms with Gasteiger partial charge in [-0.25, -0.2) is 0 Å². The molecule has 0 unspecified atom stereocenters. The van der Waals surface area contributed by atoms with Gasteiger partial charge >= 0.3 is 5.97 Å². The minimum absolute atomic E-state index is 0.0940. The summed E-state index contributed by atoms with van der Waals surface area (Å²) in [4.78, 5) is 38.2. The smallest absolute Gasteiger partial charge is 0.311 e. The number of carbonyl (C=O) groups is 3. The van der Waals surface area contributed by atoms with E-state index in [1.54, 1.807) is 29.2 Å². The van der Waals surface area contributed by atoms with Crippen LogP contribution in [0, 0.1) is 5.92 Å². The molecule has 6 heteroatoms. The molecule has 1 aliphatic rings. The average molecular weight is 394 g/mol. The molecule has 1 N–H and O–H groups in total. The van der Waals surface area contributed by atoms with E-state index < -0.39 is 17.8 Å². The number of esters is 1. The van der Waals surface area contributed by atoms with Crippen LogP contribution in [-0.4, -0.2) is 30.9 Å². The Balaban J connectivity index is 1.50. The van der Waals surface area contributed by atoms with Crippen molar-refractivity contribution in [2.45, 2.75) is 32.6 Å². The second-order valence-corrected chi connectivity index (χ2v) is 7.20. The van der Waals surface area contributed by atoms with E-state index in [1.165, 1.54) is 5.56 Å². The number of rotatable bonds is 8. The molecule has 2 aromatic rings. The highest BCUT2D eigenvalue weighted by Gasteiger charge is 2.36. The summed E-state index contributed by atoms with van der Waals surface area (Å²) in [5, 5.41) is 2.66. The highest BCUT2D eigenvalue weighted by molar-refractivity contribution is 6.00. The molecule has 0 saturated carbocycles. The van der Waals surface area contributed by atoms with Crippen LogP contribution in [0.1, 0.15) is 31.7 Å². The second-order valence-electron chi connectivity index (χ2n) is 7.20. The van der Waals surface area contributed by atoms with Crippen molar-refractivity contribution in [3.63, 3.8) is 0 Å². The third-order valence-electron chi connectivity index (χ3n) is 4.93. The average Bonchev–Trinajstić information content (AvgIpc) is 3.13. The third kappa shape index (κ3) is 5.67. The zero-order chi connectivity index (χ0) is 20.6. The molecule has 6 nitrogen and oxygen atoms in total. The summed E-state index contributed by atoms with van der Waals surface area (Å²) in [6, 6.07) is 16.8. The van der Waals surface area contributed by atoms with Crippen LogP contribution in [-0.2, 0) is 25.5 Å². The molecular formula is C23H26N2O4. The first-order valence-electron chi connectivity index (χ1n) is 9.97. The van der Waals surface area contributed by atoms with Gasteiger partial charge in [0.2, 0.25) is 5.91 Å². The van der Waals surface area contributed by atoms with Gasteiger partial charge in [0.15, 0.2) is 6.61 Å². The lowest BCUT2D eigenvalue weighted by molar-refractivity contribution is -0.151. The highest BCUT2D eigenvalue weighted by Crippen LogP contribution is 2.26. The first-order chi connectivity index (χ1) is 14.1. The minimum atomic E-state index is -0.563. The number of benzene rings is 2. The molecule has 1 fully saturated rings. The molecule has 0 radical (unpaired) electrons. The van der Waals surface area contributed by atoms with Crippen molar-refractivity contribution in [1.82, 2.24) is 0 Å². The molecule has 1 saturated heterocycles. The van der Waals surface area contributed by atoms with E-state index in [9.17, 15) is 14.4 Å². The summed E-state index contributed by atoms with van der Waals surface area (Å²) >= 11 is 0. The third-order valence-corrected chi connectivity index (χ3v) is 4.93. The zero-order valence-electron chi connectivity index (χ0n) is 16.6. The SMILES string of the molecule is CCCCc1ccc(N2C[C@@H](C(=O)OCC(=O)Nc3ccccc3)CC2=O)cc1. The Kier molecular flexibility index (Phi) is 7.00. The molecule has 152 valence electrons. The number of aryl methyl sites for hydroxylation is 1. The Morgan fingerprint density at radius 2 is 1.83 bits per heavy atom. The van der Waals surface area contributed by atoms with E-state index >= 15 is 0 Å². The van der Waals surface area contributed by atoms with Crippen LogP contribution >= 0.6 is 0 Å². The van der Waals surface area contributed by atoms with Crippen LogP contribution in [0.4, 0.5) is 11.4 Å². The Bertz CT molecular complexity index is 849. The molecular weight excluding hydrogens is 368 g/mol. The van der Waals surface area contributed by atoms with Crippen LogP contribution in [0.5, 0.6) is 0 Å². The molecule has 1 atom stereocenters. The number of carbonyl (C=O) groups excluding carboxylic acids is 3. The molecule has 0 spiro atoms. The number of hydrogen-bond donors (Lipinski definition) is 1. The molecule has 3 rings (SSSR count). The molecule has 1 aliphatic heterocycles. The van der Waals surface area contributed by atoms with Crippen LogP contribution < -0.4 is 10.2 Å². The summed E-state index contributed by atoms with van der Waals surface area (Å²) in [6.07, 6.45) is 3.38. The number of para-hydroxylation sites is 1. The Labute approximate surface area is 170 Å². The van der Waals surface area contributed by atoms with Crippen molar-refractivity contribution in [1.29, 1.82) is 0 Å². The van der Waals surface area contributed by atoms with Crippen LogP contribution in [0.25, 0.3) is 0 Å². The van der Waals surface area contributed by atoms with Crippen molar-refractivity contribution >= 4 is 29.2 Å². The number of unbranched alkanes of at least 4 members (excludes halogenated alkanes) is 1. The summed E-state index contributed by atoms with van der Waals surface area (Å²) in [7, 11) is 0. The van der Waals surface area contributed by atoms with E-state index in [2.05, 4.69) is 12.2 Å². The van der Waals surface area contributed by atoms with Gasteiger partial charge in [-0.1, -0.05) is 43.7 Å². The zero-order valence-corrected chi connectivity index (χ0v) is 16.6. The predicted molar refractivity (Wildman–Crippen MR) is 112 cm³/mol. The minimum Gasteiger partial charge on any atom is -0.455 e. The van der Waals surface area contributed by atoms with Gasteiger partial charge in [-0.05, 0) is 42.7 Å². The standard InChI is InChI=1S/C23H26N2O4/c1-2-3-7-17-10-12-20(13-11-17)25-15-18(14-22(25)27)23(28)29-16-21(26)24-19-8-5-4-6-9-19/h4-6,8-13,18H,2-3,7,14-16H2,1H3,(H,24,26)/t18-/m0/s1. The fraction of sp³-hybridized carbons (Fsp3) is 0.348. The van der Waals surface area contributed by atoms with Gasteiger partial charge in [-0.2, -0.15) is 0 Å². The van der Waals surface area contributed by atoms with Gasteiger partial charge in [0.1, 0.15) is 0 Å². The van der Waals surface area contributed by atoms with E-state index in [0.717, 1.165) is 24.9 Å². The van der Waals surface area contributed by atoms with Gasteiger partial charge < -0.3 is 15.0 Å². The van der Waals surface area contributed by atoms with Gasteiger partial charge in [-0.3, -0.25) is 14.4 Å². The Morgan fingerprint density at radius 3 is 2.52 bits per heavy atom. The summed E-state index contributed by atoms with van der Waals surface area (Å²) < 4.78 is 5.13. The number of amides is 2. The highest BCUT2D eigenvalue weighted by atomic mass is 16.5. The second kappa shape index (κ2) is 9.87. The largest absolute Gasteiger partial charge is 0.455 e. The topological polar surface area (TPSA) is 75.7 Å². The molecule has 2 aromatic carbocycles. The fourth-order valence-electron chi connectivity index (χ4n) is 3.31. The van der Waals surface area contributed by atoms with Gasteiger partial charge in [0, 0.05) is 24.3 Å². The fourth-order valence-corrected chi connectivity index (χ4v) is 3.31. The molecule has 0 bridgehead atoms. The number of anilines is 2. The predicted octanol–water partition coefficient (Wildman–Crippen LogP) is 3.56. The number of nitrogens with one attached hydrogen (secondary N) is 1. The van der Waals surface area contributed by atoms with Crippen LogP contribution in [0.3, 0.4) is 0 Å². The number of hydrogen-bond acceptors (Lipinski definition) is 4. The van der Waals surface area contributed by atoms with Crippen molar-refractivity contribution in [3.05, 3.63) is 60.2 Å². The monoisotopic (exact) mass is 394 g/mol. The first-order valence-corrected chi connectivity index (χ1v) is 9.97. The van der Waals surface area contributed by atoms with Crippen LogP contribution in [0.2, 0.25) is 0 Å². The Morgan fingerprint density at radius 1 is 1.10 bits per heavy atom. The summed E-state index contributed by atoms with van der Waals surface area (Å²) in [6.45, 7) is 2.05. The molecule has 0 aliphatic carbocycles. The number of ether oxygens (including phenoxy) is 1. The Hall–Kier alpha value is -3.15. The van der Waals surface area contributed by atoms with Crippen molar-refractivity contribution < 1.29 is 19.1 Å². The maximum atomic E-state index is 12.4. The number of nitrogens with zero attached hydrogens (tertiary/aromatic N) is 1. The molecule has 1 heterocycles. The molecule has 2 amide bonds. The first kappa shape index (κ1) is 20.6. The van der Waals surface area contributed by atoms with Crippen molar-refractivity contribution in [2.24, 2.45) is 5.92 Å². The van der Waals surface area contributed by atoms with E-state index in [4.69, 9.17) is 4.74 Å². The lowest BCUT2D eigenvalue weighted by atomic mass is 10.1. The summed E-state index contributed by atoms with van der Waals surface area (Å²) in [5.74, 6) is -1.61. The van der Waals surface area contributed by atoms with E-state index in [1.807, 2.05) is 30.3 Å². The lowest BCUT2D eigenvalue weighted by Crippen LogP contribution is -2.28. The maximum Gasteiger partial charge on any atom is 0.311 e. The van der Waals surface area contributed by atoms with E-state index in [-0.39, 0.29) is 25.5 Å². The summed E-state index contributed by atoms with van der Waals surface area (Å²) in [5.41, 5.74) is 2.66. The van der Waals surface area contributed by atoms with E-state index in [0.29, 0.717) is 5.69 Å². The van der Waals surface area contributed by atoms with Crippen molar-refractivity contribution in [2.75, 3.05) is 23.4 Å². The van der Waals surface area contributed by atoms with Gasteiger partial charge in [-0.15, -0.1) is 0 Å². The quantitative estimate of drug-likeness (QED) is 0.695. The van der Waals surface area contributed by atoms with Gasteiger partial charge in [0.25, 0.3) is 5.91 Å².